The van der Waals surface area contributed by atoms with Crippen LogP contribution >= 0.6 is 0 Å². The van der Waals surface area contributed by atoms with Gasteiger partial charge in [0.2, 0.25) is 0 Å². The largest absolute Gasteiger partial charge is 0.355 e. The van der Waals surface area contributed by atoms with Gasteiger partial charge in [0.25, 0.3) is 0 Å². The molecule has 7 aromatic rings. The van der Waals surface area contributed by atoms with Crippen molar-refractivity contribution in [2.45, 2.75) is 19.8 Å². The molecule has 1 N–H and O–H groups in total. The summed E-state index contributed by atoms with van der Waals surface area (Å²) < 4.78 is 2.45. The summed E-state index contributed by atoms with van der Waals surface area (Å²) in [6.45, 7) is 2.22. The van der Waals surface area contributed by atoms with E-state index in [1.54, 1.807) is 0 Å². The SMILES string of the molecule is CCc1cc2c3c(ccc4cccc(c43)n2C2=CC(c3ccc(C#N)cc3)=CC(c3ccc(C#N)cc3)=CC2)c1Nc1ccccc1. The molecule has 0 fully saturated rings. The average molecular weight is 603 g/mol. The predicted octanol–water partition coefficient (Wildman–Crippen LogP) is 10.8. The van der Waals surface area contributed by atoms with Crippen LogP contribution < -0.4 is 5.32 Å². The second-order valence-corrected chi connectivity index (χ2v) is 12.0. The van der Waals surface area contributed by atoms with Crippen molar-refractivity contribution >= 4 is 60.8 Å². The Morgan fingerprint density at radius 2 is 1.38 bits per heavy atom. The highest BCUT2D eigenvalue weighted by Crippen LogP contribution is 2.45. The number of para-hydroxylation sites is 1. The van der Waals surface area contributed by atoms with Crippen molar-refractivity contribution in [3.63, 3.8) is 0 Å². The second kappa shape index (κ2) is 11.5. The first-order chi connectivity index (χ1) is 23.1. The zero-order chi connectivity index (χ0) is 31.9. The van der Waals surface area contributed by atoms with E-state index in [0.717, 1.165) is 40.1 Å². The average Bonchev–Trinajstić information content (AvgIpc) is 3.30. The Morgan fingerprint density at radius 3 is 2.06 bits per heavy atom. The van der Waals surface area contributed by atoms with Gasteiger partial charge in [-0.15, -0.1) is 0 Å². The lowest BCUT2D eigenvalue weighted by Gasteiger charge is -2.17. The molecule has 6 aromatic carbocycles. The van der Waals surface area contributed by atoms with Crippen LogP contribution in [0.5, 0.6) is 0 Å². The minimum atomic E-state index is 0.635. The second-order valence-electron chi connectivity index (χ2n) is 12.0. The van der Waals surface area contributed by atoms with Crippen molar-refractivity contribution in [1.29, 1.82) is 10.5 Å². The Kier molecular flexibility index (Phi) is 6.90. The van der Waals surface area contributed by atoms with Gasteiger partial charge in [0, 0.05) is 39.7 Å². The van der Waals surface area contributed by atoms with Gasteiger partial charge in [-0.25, -0.2) is 0 Å². The number of allylic oxidation sites excluding steroid dienone is 6. The van der Waals surface area contributed by atoms with E-state index in [4.69, 9.17) is 0 Å². The molecule has 0 spiro atoms. The highest BCUT2D eigenvalue weighted by atomic mass is 15.0. The molecule has 4 nitrogen and oxygen atoms in total. The number of aromatic nitrogens is 1. The van der Waals surface area contributed by atoms with Crippen molar-refractivity contribution in [1.82, 2.24) is 4.57 Å². The van der Waals surface area contributed by atoms with Gasteiger partial charge in [0.1, 0.15) is 0 Å². The summed E-state index contributed by atoms with van der Waals surface area (Å²) in [5, 5.41) is 27.6. The van der Waals surface area contributed by atoms with E-state index in [9.17, 15) is 10.5 Å². The van der Waals surface area contributed by atoms with Crippen molar-refractivity contribution in [2.24, 2.45) is 0 Å². The Hall–Kier alpha value is -6.36. The van der Waals surface area contributed by atoms with Crippen molar-refractivity contribution in [3.8, 4) is 12.1 Å². The van der Waals surface area contributed by atoms with E-state index in [2.05, 4.69) is 108 Å². The molecule has 47 heavy (non-hydrogen) atoms. The van der Waals surface area contributed by atoms with E-state index < -0.39 is 0 Å². The molecule has 4 heteroatoms. The van der Waals surface area contributed by atoms with Crippen LogP contribution in [0.3, 0.4) is 0 Å². The number of hydrogen-bond acceptors (Lipinski definition) is 3. The molecule has 0 unspecified atom stereocenters. The monoisotopic (exact) mass is 602 g/mol. The molecular formula is C43H30N4. The molecule has 1 aliphatic rings. The first-order valence-corrected chi connectivity index (χ1v) is 15.9. The van der Waals surface area contributed by atoms with Crippen LogP contribution in [0, 0.1) is 22.7 Å². The molecule has 0 radical (unpaired) electrons. The Labute approximate surface area is 273 Å². The Balaban J connectivity index is 1.37. The fraction of sp³-hybridized carbons (Fsp3) is 0.0698. The lowest BCUT2D eigenvalue weighted by atomic mass is 9.97. The molecule has 8 rings (SSSR count). The third kappa shape index (κ3) is 4.85. The van der Waals surface area contributed by atoms with Crippen molar-refractivity contribution in [3.05, 3.63) is 161 Å². The summed E-state index contributed by atoms with van der Waals surface area (Å²) in [7, 11) is 0. The number of hydrogen-bond donors (Lipinski definition) is 1. The third-order valence-electron chi connectivity index (χ3n) is 9.23. The first kappa shape index (κ1) is 28.1. The number of rotatable bonds is 6. The smallest absolute Gasteiger partial charge is 0.0991 e. The number of nitrogens with zero attached hydrogens (tertiary/aromatic N) is 3. The molecule has 0 saturated carbocycles. The molecule has 0 atom stereocenters. The zero-order valence-electron chi connectivity index (χ0n) is 26.0. The third-order valence-corrected chi connectivity index (χ3v) is 9.23. The highest BCUT2D eigenvalue weighted by Gasteiger charge is 2.22. The molecule has 0 bridgehead atoms. The maximum Gasteiger partial charge on any atom is 0.0991 e. The highest BCUT2D eigenvalue weighted by molar-refractivity contribution is 6.27. The van der Waals surface area contributed by atoms with E-state index in [1.165, 1.54) is 43.8 Å². The van der Waals surface area contributed by atoms with Crippen LogP contribution in [-0.4, -0.2) is 4.57 Å². The molecular weight excluding hydrogens is 573 g/mol. The van der Waals surface area contributed by atoms with Gasteiger partial charge in [-0.1, -0.05) is 79.7 Å². The van der Waals surface area contributed by atoms with Crippen LogP contribution in [0.4, 0.5) is 11.4 Å². The van der Waals surface area contributed by atoms with Crippen LogP contribution in [0.2, 0.25) is 0 Å². The van der Waals surface area contributed by atoms with Crippen LogP contribution in [0.15, 0.2) is 133 Å². The van der Waals surface area contributed by atoms with Gasteiger partial charge >= 0.3 is 0 Å². The fourth-order valence-electron chi connectivity index (χ4n) is 6.93. The standard InChI is InChI=1S/C43H30N4/c1-2-30-25-40-42-38(43(30)46-36-8-4-3-5-9-36)22-20-33-7-6-10-39(41(33)42)47(40)37-21-19-34(31-15-11-28(26-44)12-16-31)23-35(24-37)32-17-13-29(27-45)14-18-32/h3-20,22-25,46H,2,21H2,1H3. The number of nitriles is 2. The number of anilines is 2. The molecule has 1 aliphatic carbocycles. The molecule has 0 saturated heterocycles. The van der Waals surface area contributed by atoms with Gasteiger partial charge in [0.15, 0.2) is 0 Å². The predicted molar refractivity (Wildman–Crippen MR) is 194 cm³/mol. The van der Waals surface area contributed by atoms with Crippen LogP contribution in [0.25, 0.3) is 49.4 Å². The topological polar surface area (TPSA) is 64.5 Å². The maximum absolute atomic E-state index is 9.46. The summed E-state index contributed by atoms with van der Waals surface area (Å²) in [5.74, 6) is 0. The van der Waals surface area contributed by atoms with Gasteiger partial charge in [0.05, 0.1) is 34.3 Å². The molecule has 222 valence electrons. The van der Waals surface area contributed by atoms with E-state index in [1.807, 2.05) is 54.6 Å². The van der Waals surface area contributed by atoms with E-state index in [0.29, 0.717) is 17.5 Å². The number of benzene rings is 6. The maximum atomic E-state index is 9.46. The minimum absolute atomic E-state index is 0.635. The normalized spacial score (nSPS) is 13.1. The van der Waals surface area contributed by atoms with Crippen LogP contribution in [-0.2, 0) is 6.42 Å². The lowest BCUT2D eigenvalue weighted by molar-refractivity contribution is 1.12. The van der Waals surface area contributed by atoms with Crippen molar-refractivity contribution < 1.29 is 0 Å². The van der Waals surface area contributed by atoms with E-state index >= 15 is 0 Å². The van der Waals surface area contributed by atoms with Crippen molar-refractivity contribution in [2.75, 3.05) is 5.32 Å². The van der Waals surface area contributed by atoms with Gasteiger partial charge in [-0.05, 0) is 100 Å². The van der Waals surface area contributed by atoms with Gasteiger partial charge < -0.3 is 9.88 Å². The van der Waals surface area contributed by atoms with Gasteiger partial charge in [-0.2, -0.15) is 10.5 Å². The number of aryl methyl sites for hydroxylation is 1. The number of nitrogens with one attached hydrogen (secondary N) is 1. The zero-order valence-corrected chi connectivity index (χ0v) is 26.0. The van der Waals surface area contributed by atoms with Crippen LogP contribution in [0.1, 0.15) is 41.2 Å². The molecule has 0 amide bonds. The molecule has 1 heterocycles. The Bertz CT molecular complexity index is 2480. The first-order valence-electron chi connectivity index (χ1n) is 15.9. The summed E-state index contributed by atoms with van der Waals surface area (Å²) in [4.78, 5) is 0. The fourth-order valence-corrected chi connectivity index (χ4v) is 6.93. The summed E-state index contributed by atoms with van der Waals surface area (Å²) in [5.41, 5.74) is 12.6. The summed E-state index contributed by atoms with van der Waals surface area (Å²) >= 11 is 0. The Morgan fingerprint density at radius 1 is 0.681 bits per heavy atom. The van der Waals surface area contributed by atoms with Gasteiger partial charge in [-0.3, -0.25) is 0 Å². The minimum Gasteiger partial charge on any atom is -0.355 e. The quantitative estimate of drug-likeness (QED) is 0.193. The molecule has 1 aromatic heterocycles. The molecule has 0 aliphatic heterocycles. The summed E-state index contributed by atoms with van der Waals surface area (Å²) in [6, 6.07) is 43.9. The van der Waals surface area contributed by atoms with E-state index in [-0.39, 0.29) is 0 Å². The summed E-state index contributed by atoms with van der Waals surface area (Å²) in [6.07, 6.45) is 8.41. The lowest BCUT2D eigenvalue weighted by Crippen LogP contribution is -2.00.